The van der Waals surface area contributed by atoms with Crippen molar-refractivity contribution >= 4 is 61.8 Å². The summed E-state index contributed by atoms with van der Waals surface area (Å²) in [4.78, 5) is 14.4. The number of para-hydroxylation sites is 1. The van der Waals surface area contributed by atoms with E-state index in [-0.39, 0.29) is 5.91 Å². The van der Waals surface area contributed by atoms with Crippen molar-refractivity contribution in [1.29, 1.82) is 0 Å². The highest BCUT2D eigenvalue weighted by molar-refractivity contribution is 8.23. The Labute approximate surface area is 155 Å². The molecule has 0 saturated carbocycles. The van der Waals surface area contributed by atoms with Crippen LogP contribution in [0.15, 0.2) is 46.9 Å². The van der Waals surface area contributed by atoms with Crippen molar-refractivity contribution in [3.63, 3.8) is 0 Å². The molecule has 0 aliphatic carbocycles. The Kier molecular flexibility index (Phi) is 4.63. The lowest BCUT2D eigenvalue weighted by molar-refractivity contribution is -0.113. The van der Waals surface area contributed by atoms with Gasteiger partial charge >= 0.3 is 0 Å². The van der Waals surface area contributed by atoms with E-state index in [2.05, 4.69) is 10.2 Å². The van der Waals surface area contributed by atoms with E-state index in [9.17, 15) is 4.79 Å². The number of nitrogens with one attached hydrogen (secondary N) is 1. The van der Waals surface area contributed by atoms with Gasteiger partial charge in [-0.3, -0.25) is 4.79 Å². The number of rotatable bonds is 3. The maximum atomic E-state index is 12.2. The highest BCUT2D eigenvalue weighted by atomic mass is 32.2. The molecule has 1 amide bonds. The molecule has 3 aromatic rings. The maximum Gasteiger partial charge on any atom is 0.234 e. The zero-order valence-corrected chi connectivity index (χ0v) is 15.3. The van der Waals surface area contributed by atoms with Crippen LogP contribution in [0, 0.1) is 0 Å². The number of benzene rings is 2. The average molecular weight is 370 g/mol. The van der Waals surface area contributed by atoms with E-state index in [0.717, 1.165) is 45.0 Å². The van der Waals surface area contributed by atoms with Crippen LogP contribution >= 0.6 is 24.0 Å². The number of fused-ring (bicyclic) bond motifs is 3. The van der Waals surface area contributed by atoms with Crippen molar-refractivity contribution in [2.24, 2.45) is 0 Å². The molecule has 4 nitrogen and oxygen atoms in total. The molecule has 4 rings (SSSR count). The second kappa shape index (κ2) is 7.06. The lowest BCUT2D eigenvalue weighted by Crippen LogP contribution is -2.25. The number of hydrogen-bond donors (Lipinski definition) is 1. The summed E-state index contributed by atoms with van der Waals surface area (Å²) in [5.74, 6) is 0.290. The van der Waals surface area contributed by atoms with E-state index in [0.29, 0.717) is 5.75 Å². The van der Waals surface area contributed by atoms with E-state index in [1.54, 1.807) is 0 Å². The molecule has 0 atom stereocenters. The minimum atomic E-state index is -0.0429. The fourth-order valence-electron chi connectivity index (χ4n) is 3.12. The fraction of sp³-hybridized carbons (Fsp3) is 0.263. The normalized spacial score (nSPS) is 14.3. The van der Waals surface area contributed by atoms with Crippen molar-refractivity contribution in [3.8, 4) is 0 Å². The van der Waals surface area contributed by atoms with Crippen LogP contribution in [0.4, 0.5) is 5.69 Å². The maximum absolute atomic E-state index is 12.2. The van der Waals surface area contributed by atoms with Crippen LogP contribution in [0.25, 0.3) is 21.9 Å². The second-order valence-electron chi connectivity index (χ2n) is 6.11. The number of furan rings is 1. The zero-order valence-electron chi connectivity index (χ0n) is 13.7. The molecular formula is C19H18N2O2S2. The smallest absolute Gasteiger partial charge is 0.234 e. The van der Waals surface area contributed by atoms with Gasteiger partial charge in [-0.2, -0.15) is 0 Å². The standard InChI is InChI=1S/C19H18N2O2S2/c22-18(12-25-19(24)21-9-3-4-10-21)20-13-7-8-17-15(11-13)14-5-1-2-6-16(14)23-17/h1-2,5-8,11H,3-4,9-10,12H2,(H,20,22). The van der Waals surface area contributed by atoms with Gasteiger partial charge in [0.25, 0.3) is 0 Å². The highest BCUT2D eigenvalue weighted by Crippen LogP contribution is 2.30. The molecule has 0 bridgehead atoms. The molecule has 1 N–H and O–H groups in total. The van der Waals surface area contributed by atoms with Crippen LogP contribution in [-0.4, -0.2) is 34.0 Å². The molecule has 1 aromatic heterocycles. The number of thiocarbonyl (C=S) groups is 1. The number of carbonyl (C=O) groups excluding carboxylic acids is 1. The van der Waals surface area contributed by atoms with E-state index in [4.69, 9.17) is 16.6 Å². The first-order valence-electron chi connectivity index (χ1n) is 8.33. The summed E-state index contributed by atoms with van der Waals surface area (Å²) >= 11 is 6.83. The van der Waals surface area contributed by atoms with Gasteiger partial charge < -0.3 is 14.6 Å². The van der Waals surface area contributed by atoms with Crippen LogP contribution in [0.1, 0.15) is 12.8 Å². The SMILES string of the molecule is O=C(CSC(=S)N1CCCC1)Nc1ccc2oc3ccccc3c2c1. The van der Waals surface area contributed by atoms with Gasteiger partial charge in [0.2, 0.25) is 5.91 Å². The molecule has 1 aliphatic rings. The summed E-state index contributed by atoms with van der Waals surface area (Å²) in [7, 11) is 0. The van der Waals surface area contributed by atoms with Crippen LogP contribution in [0.3, 0.4) is 0 Å². The Morgan fingerprint density at radius 2 is 1.88 bits per heavy atom. The Hall–Kier alpha value is -2.05. The molecule has 1 saturated heterocycles. The first-order chi connectivity index (χ1) is 12.2. The third-order valence-electron chi connectivity index (χ3n) is 4.35. The minimum absolute atomic E-state index is 0.0429. The Bertz CT molecular complexity index is 945. The molecule has 1 fully saturated rings. The molecular weight excluding hydrogens is 352 g/mol. The molecule has 0 radical (unpaired) electrons. The largest absolute Gasteiger partial charge is 0.456 e. The summed E-state index contributed by atoms with van der Waals surface area (Å²) in [6.07, 6.45) is 2.37. The molecule has 0 spiro atoms. The number of likely N-dealkylation sites (tertiary alicyclic amines) is 1. The number of amides is 1. The number of thioether (sulfide) groups is 1. The third-order valence-corrected chi connectivity index (χ3v) is 5.87. The van der Waals surface area contributed by atoms with Gasteiger partial charge in [-0.15, -0.1) is 0 Å². The van der Waals surface area contributed by atoms with E-state index in [1.165, 1.54) is 24.6 Å². The van der Waals surface area contributed by atoms with Crippen LogP contribution in [0.5, 0.6) is 0 Å². The monoisotopic (exact) mass is 370 g/mol. The third kappa shape index (κ3) is 3.50. The molecule has 2 aromatic carbocycles. The quantitative estimate of drug-likeness (QED) is 0.681. The first kappa shape index (κ1) is 16.4. The number of anilines is 1. The Balaban J connectivity index is 1.43. The zero-order chi connectivity index (χ0) is 17.2. The van der Waals surface area contributed by atoms with E-state index >= 15 is 0 Å². The molecule has 0 unspecified atom stereocenters. The Morgan fingerprint density at radius 3 is 2.72 bits per heavy atom. The molecule has 25 heavy (non-hydrogen) atoms. The van der Waals surface area contributed by atoms with E-state index in [1.807, 2.05) is 42.5 Å². The van der Waals surface area contributed by atoms with Crippen molar-refractivity contribution in [2.45, 2.75) is 12.8 Å². The first-order valence-corrected chi connectivity index (χ1v) is 9.73. The van der Waals surface area contributed by atoms with Gasteiger partial charge in [-0.25, -0.2) is 0 Å². The van der Waals surface area contributed by atoms with E-state index < -0.39 is 0 Å². The summed E-state index contributed by atoms with van der Waals surface area (Å²) in [5.41, 5.74) is 2.45. The van der Waals surface area contributed by atoms with Gasteiger partial charge in [0.05, 0.1) is 5.75 Å². The average Bonchev–Trinajstić information content (AvgIpc) is 3.27. The molecule has 2 heterocycles. The number of carbonyl (C=O) groups is 1. The van der Waals surface area contributed by atoms with Gasteiger partial charge in [-0.1, -0.05) is 42.2 Å². The highest BCUT2D eigenvalue weighted by Gasteiger charge is 2.16. The summed E-state index contributed by atoms with van der Waals surface area (Å²) in [5, 5.41) is 5.02. The second-order valence-corrected chi connectivity index (χ2v) is 7.72. The van der Waals surface area contributed by atoms with Crippen LogP contribution < -0.4 is 5.32 Å². The minimum Gasteiger partial charge on any atom is -0.456 e. The Morgan fingerprint density at radius 1 is 1.12 bits per heavy atom. The summed E-state index contributed by atoms with van der Waals surface area (Å²) in [6.45, 7) is 2.02. The van der Waals surface area contributed by atoms with Gasteiger partial charge in [-0.05, 0) is 37.1 Å². The predicted molar refractivity (Wildman–Crippen MR) is 108 cm³/mol. The van der Waals surface area contributed by atoms with Gasteiger partial charge in [0.1, 0.15) is 15.5 Å². The van der Waals surface area contributed by atoms with Crippen LogP contribution in [0.2, 0.25) is 0 Å². The number of hydrogen-bond acceptors (Lipinski definition) is 4. The van der Waals surface area contributed by atoms with Crippen molar-refractivity contribution < 1.29 is 9.21 Å². The summed E-state index contributed by atoms with van der Waals surface area (Å²) in [6, 6.07) is 13.6. The van der Waals surface area contributed by atoms with Crippen LogP contribution in [-0.2, 0) is 4.79 Å². The molecule has 6 heteroatoms. The lowest BCUT2D eigenvalue weighted by Gasteiger charge is -2.17. The summed E-state index contributed by atoms with van der Waals surface area (Å²) < 4.78 is 6.63. The van der Waals surface area contributed by atoms with Gasteiger partial charge in [0, 0.05) is 29.5 Å². The van der Waals surface area contributed by atoms with Gasteiger partial charge in [0.15, 0.2) is 0 Å². The lowest BCUT2D eigenvalue weighted by atomic mass is 10.1. The number of nitrogens with zero attached hydrogens (tertiary/aromatic N) is 1. The fourth-order valence-corrected chi connectivity index (χ4v) is 4.17. The molecule has 128 valence electrons. The van der Waals surface area contributed by atoms with Crippen molar-refractivity contribution in [1.82, 2.24) is 4.90 Å². The van der Waals surface area contributed by atoms with Crippen molar-refractivity contribution in [3.05, 3.63) is 42.5 Å². The topological polar surface area (TPSA) is 45.5 Å². The predicted octanol–water partition coefficient (Wildman–Crippen LogP) is 4.64. The van der Waals surface area contributed by atoms with Crippen molar-refractivity contribution in [2.75, 3.05) is 24.2 Å². The molecule has 1 aliphatic heterocycles.